The molecule has 230 valence electrons. The zero-order chi connectivity index (χ0) is 31.7. The first-order valence-electron chi connectivity index (χ1n) is 10.9. The lowest BCUT2D eigenvalue weighted by atomic mass is 10.0. The van der Waals surface area contributed by atoms with Gasteiger partial charge in [-0.15, -0.1) is 0 Å². The third-order valence-corrected chi connectivity index (χ3v) is 5.26. The summed E-state index contributed by atoms with van der Waals surface area (Å²) in [4.78, 5) is 19.3. The predicted octanol–water partition coefficient (Wildman–Crippen LogP) is 3.96. The van der Waals surface area contributed by atoms with Crippen molar-refractivity contribution in [3.63, 3.8) is 0 Å². The quantitative estimate of drug-likeness (QED) is 0.240. The average Bonchev–Trinajstić information content (AvgIpc) is 3.26. The van der Waals surface area contributed by atoms with E-state index in [0.717, 1.165) is 29.3 Å². The molecule has 3 aromatic heterocycles. The van der Waals surface area contributed by atoms with Gasteiger partial charge in [0, 0.05) is 24.8 Å². The highest BCUT2D eigenvalue weighted by molar-refractivity contribution is 7.79. The molecule has 0 radical (unpaired) electrons. The Labute approximate surface area is 228 Å². The molecule has 0 saturated carbocycles. The molecule has 12 nitrogen and oxygen atoms in total. The van der Waals surface area contributed by atoms with Crippen LogP contribution in [0.1, 0.15) is 17.8 Å². The van der Waals surface area contributed by atoms with Gasteiger partial charge in [-0.05, 0) is 24.3 Å². The maximum absolute atomic E-state index is 13.3. The van der Waals surface area contributed by atoms with Gasteiger partial charge in [-0.3, -0.25) is 14.1 Å². The lowest BCUT2D eigenvalue weighted by Gasteiger charge is -2.26. The van der Waals surface area contributed by atoms with E-state index >= 15 is 0 Å². The van der Waals surface area contributed by atoms with E-state index in [1.165, 1.54) is 0 Å². The number of hydrogen-bond acceptors (Lipinski definition) is 10. The van der Waals surface area contributed by atoms with Crippen molar-refractivity contribution in [2.75, 3.05) is 23.3 Å². The second-order valence-electron chi connectivity index (χ2n) is 8.39. The van der Waals surface area contributed by atoms with Gasteiger partial charge >= 0.3 is 28.9 Å². The van der Waals surface area contributed by atoms with Crippen molar-refractivity contribution in [1.29, 1.82) is 0 Å². The summed E-state index contributed by atoms with van der Waals surface area (Å²) in [5.74, 6) is -1.48. The SMILES string of the molecule is O=S(=O)(O)O.O[C@@]1(C(F)(F)F)CCN(c2nc(Nc3ccnc(C(F)(F)F)c3)nc(-c3cccc(C(F)(F)F)n3)n2)C1. The molecule has 1 atom stereocenters. The molecule has 0 unspecified atom stereocenters. The van der Waals surface area contributed by atoms with Crippen molar-refractivity contribution in [3.05, 3.63) is 47.9 Å². The molecule has 0 spiro atoms. The predicted molar refractivity (Wildman–Crippen MR) is 123 cm³/mol. The number of rotatable bonds is 4. The van der Waals surface area contributed by atoms with Crippen LogP contribution in [-0.2, 0) is 22.8 Å². The van der Waals surface area contributed by atoms with Gasteiger partial charge in [-0.2, -0.15) is 62.9 Å². The van der Waals surface area contributed by atoms with Crippen molar-refractivity contribution in [2.24, 2.45) is 0 Å². The number of alkyl halides is 9. The van der Waals surface area contributed by atoms with Crippen LogP contribution < -0.4 is 10.2 Å². The van der Waals surface area contributed by atoms with Gasteiger partial charge in [-0.25, -0.2) is 4.98 Å². The molecule has 1 aliphatic rings. The Morgan fingerprint density at radius 2 is 1.50 bits per heavy atom. The van der Waals surface area contributed by atoms with Gasteiger partial charge in [-0.1, -0.05) is 6.07 Å². The standard InChI is InChI=1S/C20H14F9N7O.H2O4S/c21-18(22,23)12-3-1-2-11(32-12)14-33-15(31-10-4-6-30-13(8-10)19(24,25)26)35-16(34-14)36-7-5-17(37,9-36)20(27,28)29;1-5(2,3)4/h1-4,6,8,37H,5,7,9H2,(H,30,31,33,34,35);(H2,1,2,3,4)/t17-;/m0./s1. The van der Waals surface area contributed by atoms with Gasteiger partial charge in [0.05, 0.1) is 6.54 Å². The van der Waals surface area contributed by atoms with Crippen LogP contribution in [0.3, 0.4) is 0 Å². The molecule has 22 heteroatoms. The summed E-state index contributed by atoms with van der Waals surface area (Å²) in [7, 11) is -4.67. The van der Waals surface area contributed by atoms with Gasteiger partial charge in [0.25, 0.3) is 0 Å². The Morgan fingerprint density at radius 3 is 2.05 bits per heavy atom. The number of anilines is 3. The molecule has 4 rings (SSSR count). The molecule has 1 aliphatic heterocycles. The number of halogens is 9. The summed E-state index contributed by atoms with van der Waals surface area (Å²) in [5, 5.41) is 12.4. The summed E-state index contributed by atoms with van der Waals surface area (Å²) < 4.78 is 150. The van der Waals surface area contributed by atoms with Crippen molar-refractivity contribution in [2.45, 2.75) is 30.6 Å². The van der Waals surface area contributed by atoms with Crippen molar-refractivity contribution in [1.82, 2.24) is 24.9 Å². The third kappa shape index (κ3) is 8.56. The molecule has 3 aromatic rings. The Hall–Kier alpha value is -3.89. The minimum atomic E-state index is -4.99. The lowest BCUT2D eigenvalue weighted by molar-refractivity contribution is -0.250. The van der Waals surface area contributed by atoms with E-state index in [-0.39, 0.29) is 12.2 Å². The van der Waals surface area contributed by atoms with E-state index in [4.69, 9.17) is 17.5 Å². The fourth-order valence-corrected chi connectivity index (χ4v) is 3.38. The first-order valence-corrected chi connectivity index (χ1v) is 12.3. The molecule has 0 bridgehead atoms. The second-order valence-corrected chi connectivity index (χ2v) is 9.29. The number of pyridine rings is 2. The molecule has 0 aromatic carbocycles. The molecular weight excluding hydrogens is 621 g/mol. The highest BCUT2D eigenvalue weighted by atomic mass is 32.3. The van der Waals surface area contributed by atoms with Crippen LogP contribution in [0.5, 0.6) is 0 Å². The van der Waals surface area contributed by atoms with E-state index in [0.29, 0.717) is 12.1 Å². The fourth-order valence-electron chi connectivity index (χ4n) is 3.38. The van der Waals surface area contributed by atoms with Gasteiger partial charge < -0.3 is 15.3 Å². The summed E-state index contributed by atoms with van der Waals surface area (Å²) in [6.07, 6.45) is -14.6. The summed E-state index contributed by atoms with van der Waals surface area (Å²) in [5.41, 5.74) is -6.35. The number of β-amino-alcohol motifs (C(OH)–C–C–N with tert-alkyl or cyclic N) is 1. The van der Waals surface area contributed by atoms with E-state index in [9.17, 15) is 44.6 Å². The largest absolute Gasteiger partial charge is 0.433 e. The Bertz CT molecular complexity index is 1530. The molecule has 0 aliphatic carbocycles. The zero-order valence-corrected chi connectivity index (χ0v) is 21.1. The van der Waals surface area contributed by atoms with Crippen LogP contribution in [0.4, 0.5) is 57.1 Å². The van der Waals surface area contributed by atoms with Crippen LogP contribution in [0.15, 0.2) is 36.5 Å². The maximum atomic E-state index is 13.3. The van der Waals surface area contributed by atoms with Gasteiger partial charge in [0.15, 0.2) is 11.4 Å². The second kappa shape index (κ2) is 11.4. The Balaban J connectivity index is 0.000000892. The van der Waals surface area contributed by atoms with E-state index in [1.54, 1.807) is 0 Å². The van der Waals surface area contributed by atoms with Crippen LogP contribution >= 0.6 is 0 Å². The molecule has 1 saturated heterocycles. The van der Waals surface area contributed by atoms with E-state index in [2.05, 4.69) is 30.2 Å². The normalized spacial score (nSPS) is 18.0. The molecule has 42 heavy (non-hydrogen) atoms. The maximum Gasteiger partial charge on any atom is 0.433 e. The molecular formula is C20H16F9N7O5S. The first kappa shape index (κ1) is 32.6. The minimum Gasteiger partial charge on any atom is -0.379 e. The van der Waals surface area contributed by atoms with Crippen LogP contribution in [0, 0.1) is 0 Å². The van der Waals surface area contributed by atoms with E-state index < -0.39 is 82.3 Å². The minimum absolute atomic E-state index is 0.226. The highest BCUT2D eigenvalue weighted by Gasteiger charge is 2.57. The summed E-state index contributed by atoms with van der Waals surface area (Å²) in [6, 6.07) is 4.48. The number of aliphatic hydroxyl groups is 1. The van der Waals surface area contributed by atoms with Crippen molar-refractivity contribution < 1.29 is 62.1 Å². The lowest BCUT2D eigenvalue weighted by Crippen LogP contribution is -2.47. The Kier molecular flexibility index (Phi) is 8.87. The monoisotopic (exact) mass is 637 g/mol. The number of hydrogen-bond donors (Lipinski definition) is 4. The summed E-state index contributed by atoms with van der Waals surface area (Å²) >= 11 is 0. The third-order valence-electron chi connectivity index (χ3n) is 5.26. The smallest absolute Gasteiger partial charge is 0.379 e. The van der Waals surface area contributed by atoms with Gasteiger partial charge in [0.1, 0.15) is 17.1 Å². The van der Waals surface area contributed by atoms with Crippen LogP contribution in [0.25, 0.3) is 11.5 Å². The van der Waals surface area contributed by atoms with Crippen molar-refractivity contribution >= 4 is 28.0 Å². The fraction of sp³-hybridized carbons (Fsp3) is 0.350. The van der Waals surface area contributed by atoms with Crippen LogP contribution in [-0.4, -0.2) is 72.4 Å². The Morgan fingerprint density at radius 1 is 0.881 bits per heavy atom. The molecule has 4 heterocycles. The zero-order valence-electron chi connectivity index (χ0n) is 20.2. The summed E-state index contributed by atoms with van der Waals surface area (Å²) in [6.45, 7) is -1.38. The van der Waals surface area contributed by atoms with Gasteiger partial charge in [0.2, 0.25) is 11.9 Å². The van der Waals surface area contributed by atoms with E-state index in [1.807, 2.05) is 0 Å². The van der Waals surface area contributed by atoms with Crippen LogP contribution in [0.2, 0.25) is 0 Å². The first-order chi connectivity index (χ1) is 19.0. The topological polar surface area (TPSA) is 175 Å². The average molecular weight is 637 g/mol. The molecule has 1 fully saturated rings. The number of nitrogens with one attached hydrogen (secondary N) is 1. The highest BCUT2D eigenvalue weighted by Crippen LogP contribution is 2.39. The number of nitrogens with zero attached hydrogens (tertiary/aromatic N) is 6. The molecule has 4 N–H and O–H groups in total. The number of aromatic nitrogens is 5. The van der Waals surface area contributed by atoms with Crippen molar-refractivity contribution in [3.8, 4) is 11.5 Å². The molecule has 0 amide bonds.